The predicted octanol–water partition coefficient (Wildman–Crippen LogP) is 2.52. The van der Waals surface area contributed by atoms with E-state index in [4.69, 9.17) is 0 Å². The van der Waals surface area contributed by atoms with Crippen molar-refractivity contribution in [3.05, 3.63) is 56.2 Å². The number of nitrogens with one attached hydrogen (secondary N) is 4. The minimum absolute atomic E-state index is 0.268. The number of aryl methyl sites for hydroxylation is 2. The summed E-state index contributed by atoms with van der Waals surface area (Å²) < 4.78 is 1.29. The average Bonchev–Trinajstić information content (AvgIpc) is 3.24. The van der Waals surface area contributed by atoms with Gasteiger partial charge in [-0.2, -0.15) is 0 Å². The van der Waals surface area contributed by atoms with Crippen LogP contribution in [0.15, 0.2) is 33.9 Å². The fourth-order valence-corrected chi connectivity index (χ4v) is 3.98. The molecule has 7 nitrogen and oxygen atoms in total. The number of nitrogens with zero attached hydrogens (tertiary/aromatic N) is 1. The Balaban J connectivity index is 1.46. The average molecular weight is 414 g/mol. The van der Waals surface area contributed by atoms with Gasteiger partial charge in [0.1, 0.15) is 5.82 Å². The number of H-pyrrole nitrogens is 1. The van der Waals surface area contributed by atoms with Gasteiger partial charge in [0.25, 0.3) is 5.56 Å². The van der Waals surface area contributed by atoms with E-state index in [9.17, 15) is 9.59 Å². The van der Waals surface area contributed by atoms with E-state index in [2.05, 4.69) is 40.8 Å². The van der Waals surface area contributed by atoms with Gasteiger partial charge in [-0.3, -0.25) is 14.3 Å². The molecule has 0 bridgehead atoms. The van der Waals surface area contributed by atoms with Gasteiger partial charge in [-0.05, 0) is 88.0 Å². The minimum Gasteiger partial charge on any atom is -0.342 e. The molecule has 1 aromatic heterocycles. The number of hydrogen-bond acceptors (Lipinski definition) is 5. The Morgan fingerprint density at radius 2 is 2.03 bits per heavy atom. The van der Waals surface area contributed by atoms with Crippen LogP contribution in [0.4, 0.5) is 11.5 Å². The second-order valence-electron chi connectivity index (χ2n) is 8.22. The van der Waals surface area contributed by atoms with Crippen molar-refractivity contribution in [3.8, 4) is 0 Å². The second kappa shape index (κ2) is 11.1. The van der Waals surface area contributed by atoms with Crippen molar-refractivity contribution >= 4 is 11.5 Å². The first-order valence-corrected chi connectivity index (χ1v) is 11.2. The van der Waals surface area contributed by atoms with Gasteiger partial charge in [-0.25, -0.2) is 4.79 Å². The van der Waals surface area contributed by atoms with Crippen molar-refractivity contribution in [2.75, 3.05) is 31.5 Å². The number of aromatic nitrogens is 2. The fourth-order valence-electron chi connectivity index (χ4n) is 3.98. The van der Waals surface area contributed by atoms with Crippen LogP contribution in [0.25, 0.3) is 0 Å². The summed E-state index contributed by atoms with van der Waals surface area (Å²) in [6.07, 6.45) is 5.06. The fraction of sp³-hybridized carbons (Fsp3) is 0.565. The van der Waals surface area contributed by atoms with E-state index in [0.29, 0.717) is 12.4 Å². The molecule has 1 aliphatic heterocycles. The quantitative estimate of drug-likeness (QED) is 0.425. The molecule has 1 atom stereocenters. The normalized spacial score (nSPS) is 16.1. The van der Waals surface area contributed by atoms with Gasteiger partial charge in [0.15, 0.2) is 0 Å². The first-order valence-electron chi connectivity index (χ1n) is 11.2. The van der Waals surface area contributed by atoms with Gasteiger partial charge in [-0.15, -0.1) is 0 Å². The molecule has 1 saturated heterocycles. The third-order valence-electron chi connectivity index (χ3n) is 5.86. The molecule has 30 heavy (non-hydrogen) atoms. The van der Waals surface area contributed by atoms with Gasteiger partial charge in [0.2, 0.25) is 0 Å². The lowest BCUT2D eigenvalue weighted by atomic mass is 10.1. The first kappa shape index (κ1) is 22.3. The maximum Gasteiger partial charge on any atom is 0.329 e. The van der Waals surface area contributed by atoms with Crippen molar-refractivity contribution in [1.29, 1.82) is 0 Å². The highest BCUT2D eigenvalue weighted by Gasteiger charge is 2.13. The number of anilines is 2. The molecule has 1 unspecified atom stereocenters. The molecule has 7 heteroatoms. The monoisotopic (exact) mass is 413 g/mol. The third kappa shape index (κ3) is 6.31. The van der Waals surface area contributed by atoms with Crippen LogP contribution >= 0.6 is 0 Å². The van der Waals surface area contributed by atoms with Crippen LogP contribution in [-0.4, -0.2) is 35.7 Å². The molecule has 0 spiro atoms. The molecule has 1 fully saturated rings. The molecular weight excluding hydrogens is 378 g/mol. The third-order valence-corrected chi connectivity index (χ3v) is 5.86. The van der Waals surface area contributed by atoms with Crippen LogP contribution in [0.3, 0.4) is 0 Å². The molecule has 0 saturated carbocycles. The van der Waals surface area contributed by atoms with Crippen LogP contribution in [0.1, 0.15) is 43.7 Å². The molecule has 1 aromatic carbocycles. The molecule has 1 aliphatic rings. The van der Waals surface area contributed by atoms with Crippen LogP contribution in [0, 0.1) is 12.8 Å². The van der Waals surface area contributed by atoms with E-state index in [1.165, 1.54) is 28.2 Å². The molecule has 4 N–H and O–H groups in total. The van der Waals surface area contributed by atoms with E-state index in [1.807, 2.05) is 12.1 Å². The lowest BCUT2D eigenvalue weighted by Gasteiger charge is -2.11. The predicted molar refractivity (Wildman–Crippen MR) is 123 cm³/mol. The Hall–Kier alpha value is -2.38. The van der Waals surface area contributed by atoms with E-state index < -0.39 is 0 Å². The summed E-state index contributed by atoms with van der Waals surface area (Å²) in [6.45, 7) is 8.95. The lowest BCUT2D eigenvalue weighted by molar-refractivity contribution is 0.489. The number of hydrogen-bond donors (Lipinski definition) is 4. The van der Waals surface area contributed by atoms with Crippen LogP contribution in [0.2, 0.25) is 0 Å². The van der Waals surface area contributed by atoms with Gasteiger partial charge in [0.05, 0.1) is 0 Å². The smallest absolute Gasteiger partial charge is 0.329 e. The Bertz CT molecular complexity index is 897. The number of rotatable bonds is 11. The van der Waals surface area contributed by atoms with Crippen LogP contribution in [0.5, 0.6) is 0 Å². The molecule has 0 radical (unpaired) electrons. The summed E-state index contributed by atoms with van der Waals surface area (Å²) in [5.41, 5.74) is 2.71. The highest BCUT2D eigenvalue weighted by atomic mass is 16.2. The zero-order valence-corrected chi connectivity index (χ0v) is 18.2. The Labute approximate surface area is 178 Å². The minimum atomic E-state index is -0.361. The standard InChI is InChI=1S/C23H35N5O2/c1-3-19-13-20(8-7-17(19)2)26-21-14-22(29)28(23(30)27-21)12-6-4-5-10-24-15-18-9-11-25-16-18/h7-8,13-14,18,24-26H,3-6,9-12,15-16H2,1-2H3,(H,27,30). The summed E-state index contributed by atoms with van der Waals surface area (Å²) in [5, 5.41) is 10.0. The molecule has 0 aliphatic carbocycles. The maximum atomic E-state index is 12.4. The van der Waals surface area contributed by atoms with Gasteiger partial charge < -0.3 is 16.0 Å². The van der Waals surface area contributed by atoms with Crippen LogP contribution in [-0.2, 0) is 13.0 Å². The van der Waals surface area contributed by atoms with Crippen molar-refractivity contribution < 1.29 is 0 Å². The second-order valence-corrected chi connectivity index (χ2v) is 8.22. The Morgan fingerprint density at radius 1 is 1.17 bits per heavy atom. The van der Waals surface area contributed by atoms with Crippen molar-refractivity contribution in [2.45, 2.75) is 52.5 Å². The van der Waals surface area contributed by atoms with E-state index in [0.717, 1.165) is 63.5 Å². The topological polar surface area (TPSA) is 90.9 Å². The van der Waals surface area contributed by atoms with Gasteiger partial charge in [0, 0.05) is 18.3 Å². The SMILES string of the molecule is CCc1cc(Nc2cc(=O)n(CCCCCNCC3CCNC3)c(=O)[nH]2)ccc1C. The van der Waals surface area contributed by atoms with E-state index in [1.54, 1.807) is 0 Å². The summed E-state index contributed by atoms with van der Waals surface area (Å²) >= 11 is 0. The van der Waals surface area contributed by atoms with Crippen LogP contribution < -0.4 is 27.2 Å². The highest BCUT2D eigenvalue weighted by molar-refractivity contribution is 5.57. The number of unbranched alkanes of at least 4 members (excludes halogenated alkanes) is 2. The number of aromatic amines is 1. The van der Waals surface area contributed by atoms with Gasteiger partial charge in [-0.1, -0.05) is 19.4 Å². The number of benzene rings is 1. The Kier molecular flexibility index (Phi) is 8.28. The summed E-state index contributed by atoms with van der Waals surface area (Å²) in [5.74, 6) is 1.18. The zero-order chi connectivity index (χ0) is 21.3. The maximum absolute atomic E-state index is 12.4. The summed E-state index contributed by atoms with van der Waals surface area (Å²) in [6, 6.07) is 7.51. The summed E-state index contributed by atoms with van der Waals surface area (Å²) in [7, 11) is 0. The Morgan fingerprint density at radius 3 is 2.77 bits per heavy atom. The highest BCUT2D eigenvalue weighted by Crippen LogP contribution is 2.18. The molecular formula is C23H35N5O2. The first-order chi connectivity index (χ1) is 14.6. The summed E-state index contributed by atoms with van der Waals surface area (Å²) in [4.78, 5) is 27.6. The lowest BCUT2D eigenvalue weighted by Crippen LogP contribution is -2.35. The molecule has 2 aromatic rings. The van der Waals surface area contributed by atoms with E-state index >= 15 is 0 Å². The molecule has 164 valence electrons. The zero-order valence-electron chi connectivity index (χ0n) is 18.2. The van der Waals surface area contributed by atoms with Crippen molar-refractivity contribution in [1.82, 2.24) is 20.2 Å². The van der Waals surface area contributed by atoms with Crippen molar-refractivity contribution in [2.24, 2.45) is 5.92 Å². The van der Waals surface area contributed by atoms with Crippen molar-refractivity contribution in [3.63, 3.8) is 0 Å². The molecule has 0 amide bonds. The molecule has 2 heterocycles. The van der Waals surface area contributed by atoms with E-state index in [-0.39, 0.29) is 11.2 Å². The molecule has 3 rings (SSSR count). The largest absolute Gasteiger partial charge is 0.342 e. The van der Waals surface area contributed by atoms with Gasteiger partial charge >= 0.3 is 5.69 Å².